The number of hydrogen-bond donors (Lipinski definition) is 0. The van der Waals surface area contributed by atoms with E-state index in [4.69, 9.17) is 0 Å². The second-order valence-corrected chi connectivity index (χ2v) is 5.31. The van der Waals surface area contributed by atoms with Gasteiger partial charge < -0.3 is 0 Å². The summed E-state index contributed by atoms with van der Waals surface area (Å²) in [4.78, 5) is 3.05. The van der Waals surface area contributed by atoms with E-state index in [2.05, 4.69) is 41.4 Å². The Labute approximate surface area is 78.2 Å². The van der Waals surface area contributed by atoms with Crippen LogP contribution in [0.15, 0.2) is 58.1 Å². The summed E-state index contributed by atoms with van der Waals surface area (Å²) in [6, 6.07) is 0. The fourth-order valence-corrected chi connectivity index (χ4v) is 3.67. The SMILES string of the molecule is C1=CC2=CC3[Se]C=CC3=CC2=C1. The predicted molar refractivity (Wildman–Crippen MR) is 52.0 cm³/mol. The van der Waals surface area contributed by atoms with Crippen molar-refractivity contribution >= 4 is 15.0 Å². The van der Waals surface area contributed by atoms with Crippen molar-refractivity contribution in [3.05, 3.63) is 58.1 Å². The molecule has 2 aliphatic carbocycles. The zero-order chi connectivity index (χ0) is 7.97. The summed E-state index contributed by atoms with van der Waals surface area (Å²) in [5.74, 6) is 0. The molecule has 1 heterocycles. The minimum atomic E-state index is 0.667. The van der Waals surface area contributed by atoms with E-state index >= 15 is 0 Å². The molecular weight excluding hydrogens is 211 g/mol. The van der Waals surface area contributed by atoms with Crippen LogP contribution in [0, 0.1) is 0 Å². The van der Waals surface area contributed by atoms with Crippen LogP contribution < -0.4 is 0 Å². The van der Waals surface area contributed by atoms with Gasteiger partial charge in [0.05, 0.1) is 0 Å². The maximum atomic E-state index is 2.41. The molecule has 0 saturated heterocycles. The van der Waals surface area contributed by atoms with E-state index in [-0.39, 0.29) is 0 Å². The van der Waals surface area contributed by atoms with Gasteiger partial charge in [0.15, 0.2) is 0 Å². The van der Waals surface area contributed by atoms with E-state index in [1.807, 2.05) is 0 Å². The van der Waals surface area contributed by atoms with Gasteiger partial charge in [-0.1, -0.05) is 0 Å². The van der Waals surface area contributed by atoms with Crippen LogP contribution in [0.25, 0.3) is 0 Å². The van der Waals surface area contributed by atoms with Crippen molar-refractivity contribution in [3.63, 3.8) is 0 Å². The molecule has 3 rings (SSSR count). The van der Waals surface area contributed by atoms with Crippen molar-refractivity contribution in [1.29, 1.82) is 0 Å². The molecule has 0 aromatic carbocycles. The van der Waals surface area contributed by atoms with Crippen LogP contribution in [0.5, 0.6) is 0 Å². The second kappa shape index (κ2) is 2.35. The van der Waals surface area contributed by atoms with E-state index in [9.17, 15) is 0 Å². The fourth-order valence-electron chi connectivity index (χ4n) is 1.72. The molecule has 1 atom stereocenters. The van der Waals surface area contributed by atoms with E-state index in [0.29, 0.717) is 15.0 Å². The molecule has 1 aliphatic heterocycles. The van der Waals surface area contributed by atoms with Gasteiger partial charge in [0, 0.05) is 0 Å². The quantitative estimate of drug-likeness (QED) is 0.548. The van der Waals surface area contributed by atoms with Gasteiger partial charge >= 0.3 is 77.9 Å². The predicted octanol–water partition coefficient (Wildman–Crippen LogP) is 2.37. The third kappa shape index (κ3) is 0.841. The van der Waals surface area contributed by atoms with Crippen LogP contribution >= 0.6 is 0 Å². The molecule has 0 saturated carbocycles. The van der Waals surface area contributed by atoms with Gasteiger partial charge in [0.25, 0.3) is 0 Å². The summed E-state index contributed by atoms with van der Waals surface area (Å²) in [6.07, 6.45) is 13.5. The first-order valence-electron chi connectivity index (χ1n) is 4.08. The average Bonchev–Trinajstić information content (AvgIpc) is 2.64. The standard InChI is InChI=1S/C11H8Se/c1-2-8-6-10-4-5-12-11(10)7-9(8)3-1/h1-7,11H. The first-order valence-corrected chi connectivity index (χ1v) is 6.05. The molecule has 0 radical (unpaired) electrons. The van der Waals surface area contributed by atoms with E-state index in [1.54, 1.807) is 0 Å². The summed E-state index contributed by atoms with van der Waals surface area (Å²) < 4.78 is 0. The van der Waals surface area contributed by atoms with Crippen molar-refractivity contribution in [2.45, 2.75) is 4.82 Å². The second-order valence-electron chi connectivity index (χ2n) is 3.11. The van der Waals surface area contributed by atoms with E-state index in [0.717, 1.165) is 4.82 Å². The Hall–Kier alpha value is -0.781. The van der Waals surface area contributed by atoms with Crippen LogP contribution in [0.2, 0.25) is 4.82 Å². The number of fused-ring (bicyclic) bond motifs is 2. The Balaban J connectivity index is 2.12. The van der Waals surface area contributed by atoms with Gasteiger partial charge in [-0.3, -0.25) is 0 Å². The molecule has 58 valence electrons. The van der Waals surface area contributed by atoms with Crippen LogP contribution in [0.3, 0.4) is 0 Å². The van der Waals surface area contributed by atoms with Crippen LogP contribution in [0.4, 0.5) is 0 Å². The maximum absolute atomic E-state index is 2.41. The average molecular weight is 219 g/mol. The first-order chi connectivity index (χ1) is 5.93. The van der Waals surface area contributed by atoms with E-state index in [1.165, 1.54) is 16.7 Å². The van der Waals surface area contributed by atoms with Crippen molar-refractivity contribution in [2.75, 3.05) is 0 Å². The fraction of sp³-hybridized carbons (Fsp3) is 0.0909. The molecule has 3 aliphatic rings. The molecule has 1 heteroatoms. The Morgan fingerprint density at radius 3 is 3.17 bits per heavy atom. The number of allylic oxidation sites excluding steroid dienone is 9. The molecule has 0 bridgehead atoms. The van der Waals surface area contributed by atoms with Crippen LogP contribution in [-0.4, -0.2) is 15.0 Å². The summed E-state index contributed by atoms with van der Waals surface area (Å²) in [5, 5.41) is 0. The Bertz CT molecular complexity index is 378. The molecule has 0 N–H and O–H groups in total. The third-order valence-electron chi connectivity index (χ3n) is 2.35. The van der Waals surface area contributed by atoms with Gasteiger partial charge in [0.2, 0.25) is 0 Å². The molecule has 0 spiro atoms. The molecule has 0 nitrogen and oxygen atoms in total. The zero-order valence-electron chi connectivity index (χ0n) is 6.53. The Kier molecular flexibility index (Phi) is 1.31. The van der Waals surface area contributed by atoms with Gasteiger partial charge in [-0.15, -0.1) is 0 Å². The summed E-state index contributed by atoms with van der Waals surface area (Å²) in [7, 11) is 0. The van der Waals surface area contributed by atoms with Crippen molar-refractivity contribution < 1.29 is 0 Å². The Morgan fingerprint density at radius 2 is 2.17 bits per heavy atom. The number of hydrogen-bond acceptors (Lipinski definition) is 0. The molecule has 0 fully saturated rings. The minimum absolute atomic E-state index is 0.667. The first kappa shape index (κ1) is 6.71. The van der Waals surface area contributed by atoms with Crippen LogP contribution in [-0.2, 0) is 0 Å². The zero-order valence-corrected chi connectivity index (χ0v) is 8.24. The van der Waals surface area contributed by atoms with Crippen molar-refractivity contribution in [1.82, 2.24) is 0 Å². The van der Waals surface area contributed by atoms with Crippen molar-refractivity contribution in [3.8, 4) is 0 Å². The molecule has 0 aromatic heterocycles. The molecular formula is C11H8Se. The van der Waals surface area contributed by atoms with Crippen molar-refractivity contribution in [2.24, 2.45) is 0 Å². The number of rotatable bonds is 0. The normalized spacial score (nSPS) is 29.3. The summed E-state index contributed by atoms with van der Waals surface area (Å²) in [6.45, 7) is 0. The van der Waals surface area contributed by atoms with E-state index < -0.39 is 0 Å². The monoisotopic (exact) mass is 220 g/mol. The molecule has 0 aromatic rings. The Morgan fingerprint density at radius 1 is 1.17 bits per heavy atom. The molecule has 12 heavy (non-hydrogen) atoms. The van der Waals surface area contributed by atoms with Gasteiger partial charge in [-0.05, 0) is 0 Å². The topological polar surface area (TPSA) is 0 Å². The molecule has 0 amide bonds. The van der Waals surface area contributed by atoms with Gasteiger partial charge in [-0.25, -0.2) is 0 Å². The summed E-state index contributed by atoms with van der Waals surface area (Å²) >= 11 is 0.667. The van der Waals surface area contributed by atoms with Gasteiger partial charge in [-0.2, -0.15) is 0 Å². The third-order valence-corrected chi connectivity index (χ3v) is 4.44. The van der Waals surface area contributed by atoms with Crippen LogP contribution in [0.1, 0.15) is 0 Å². The van der Waals surface area contributed by atoms with Gasteiger partial charge in [0.1, 0.15) is 0 Å². The summed E-state index contributed by atoms with van der Waals surface area (Å²) in [5.41, 5.74) is 4.33. The molecule has 1 unspecified atom stereocenters.